The van der Waals surface area contributed by atoms with Gasteiger partial charge in [-0.05, 0) is 54.4 Å². The maximum Gasteiger partial charge on any atom is 0.416 e. The van der Waals surface area contributed by atoms with Gasteiger partial charge in [0.05, 0.1) is 10.0 Å². The molecule has 1 aromatic rings. The molecule has 0 aromatic heterocycles. The number of hydrogen-bond acceptors (Lipinski definition) is 2. The van der Waals surface area contributed by atoms with Gasteiger partial charge in [-0.2, -0.15) is 13.2 Å². The van der Waals surface area contributed by atoms with Crippen LogP contribution < -0.4 is 4.74 Å². The Balaban J connectivity index is 2.10. The molecule has 1 aliphatic rings. The molecule has 112 valence electrons. The van der Waals surface area contributed by atoms with Crippen LogP contribution in [-0.2, 0) is 6.18 Å². The van der Waals surface area contributed by atoms with Crippen LogP contribution in [0.2, 0.25) is 0 Å². The summed E-state index contributed by atoms with van der Waals surface area (Å²) in [5.74, 6) is 0.260. The highest BCUT2D eigenvalue weighted by Crippen LogP contribution is 2.36. The molecule has 0 amide bonds. The van der Waals surface area contributed by atoms with Crippen LogP contribution >= 0.6 is 15.9 Å². The highest BCUT2D eigenvalue weighted by Gasteiger charge is 2.32. The zero-order valence-corrected chi connectivity index (χ0v) is 13.0. The fraction of sp³-hybridized carbons (Fsp3) is 0.571. The third-order valence-electron chi connectivity index (χ3n) is 3.46. The van der Waals surface area contributed by atoms with Crippen LogP contribution in [0.15, 0.2) is 22.7 Å². The fourth-order valence-electron chi connectivity index (χ4n) is 2.27. The molecular formula is C14H17BrF3NO. The summed E-state index contributed by atoms with van der Waals surface area (Å²) in [5, 5.41) is 0. The van der Waals surface area contributed by atoms with Gasteiger partial charge in [-0.15, -0.1) is 0 Å². The minimum absolute atomic E-state index is 0.0582. The number of ether oxygens (including phenoxy) is 1. The lowest BCUT2D eigenvalue weighted by atomic mass is 10.2. The molecule has 0 bridgehead atoms. The Bertz CT molecular complexity index is 476. The predicted molar refractivity (Wildman–Crippen MR) is 74.9 cm³/mol. The van der Waals surface area contributed by atoms with Crippen molar-refractivity contribution in [3.05, 3.63) is 28.2 Å². The van der Waals surface area contributed by atoms with Crippen LogP contribution in [-0.4, -0.2) is 30.1 Å². The van der Waals surface area contributed by atoms with Gasteiger partial charge in [0.15, 0.2) is 0 Å². The van der Waals surface area contributed by atoms with E-state index in [2.05, 4.69) is 34.7 Å². The number of nitrogens with zero attached hydrogens (tertiary/aromatic N) is 1. The lowest BCUT2D eigenvalue weighted by Crippen LogP contribution is -2.30. The normalized spacial score (nSPS) is 20.6. The smallest absolute Gasteiger partial charge is 0.416 e. The van der Waals surface area contributed by atoms with Crippen molar-refractivity contribution in [1.29, 1.82) is 0 Å². The topological polar surface area (TPSA) is 12.5 Å². The largest absolute Gasteiger partial charge is 0.488 e. The number of likely N-dealkylation sites (tertiary alicyclic amines) is 1. The Labute approximate surface area is 125 Å². The molecule has 1 saturated heterocycles. The van der Waals surface area contributed by atoms with Crippen LogP contribution in [0, 0.1) is 0 Å². The zero-order valence-electron chi connectivity index (χ0n) is 11.4. The minimum Gasteiger partial charge on any atom is -0.488 e. The number of hydrogen-bond donors (Lipinski definition) is 0. The molecule has 1 atom stereocenters. The molecule has 0 aliphatic carbocycles. The molecule has 1 heterocycles. The lowest BCUT2D eigenvalue weighted by molar-refractivity contribution is -0.137. The van der Waals surface area contributed by atoms with Gasteiger partial charge in [-0.25, -0.2) is 0 Å². The van der Waals surface area contributed by atoms with E-state index in [0.717, 1.165) is 31.6 Å². The average molecular weight is 352 g/mol. The number of halogens is 4. The van der Waals surface area contributed by atoms with E-state index >= 15 is 0 Å². The van der Waals surface area contributed by atoms with Crippen molar-refractivity contribution < 1.29 is 17.9 Å². The van der Waals surface area contributed by atoms with Gasteiger partial charge >= 0.3 is 6.18 Å². The Morgan fingerprint density at radius 3 is 2.60 bits per heavy atom. The lowest BCUT2D eigenvalue weighted by Gasteiger charge is -2.21. The van der Waals surface area contributed by atoms with E-state index in [-0.39, 0.29) is 11.9 Å². The third-order valence-corrected chi connectivity index (χ3v) is 4.11. The van der Waals surface area contributed by atoms with E-state index in [1.807, 2.05) is 0 Å². The van der Waals surface area contributed by atoms with Crippen molar-refractivity contribution in [2.75, 3.05) is 13.1 Å². The number of alkyl halides is 3. The summed E-state index contributed by atoms with van der Waals surface area (Å²) in [5.41, 5.74) is -0.686. The summed E-state index contributed by atoms with van der Waals surface area (Å²) < 4.78 is 44.4. The molecule has 0 radical (unpaired) electrons. The maximum atomic E-state index is 12.7. The molecule has 0 spiro atoms. The van der Waals surface area contributed by atoms with Crippen LogP contribution in [0.5, 0.6) is 5.75 Å². The zero-order chi connectivity index (χ0) is 14.9. The first-order valence-corrected chi connectivity index (χ1v) is 7.34. The van der Waals surface area contributed by atoms with Crippen LogP contribution in [0.25, 0.3) is 0 Å². The molecule has 0 N–H and O–H groups in total. The second-order valence-corrected chi connectivity index (χ2v) is 6.11. The molecule has 2 nitrogen and oxygen atoms in total. The second kappa shape index (κ2) is 5.93. The highest BCUT2D eigenvalue weighted by atomic mass is 79.9. The molecule has 6 heteroatoms. The van der Waals surface area contributed by atoms with Crippen molar-refractivity contribution in [2.45, 2.75) is 38.6 Å². The summed E-state index contributed by atoms with van der Waals surface area (Å²) in [6.45, 7) is 5.87. The summed E-state index contributed by atoms with van der Waals surface area (Å²) in [4.78, 5) is 2.26. The first-order chi connectivity index (χ1) is 9.27. The van der Waals surface area contributed by atoms with Gasteiger partial charge in [-0.3, -0.25) is 4.90 Å². The Hall–Kier alpha value is -0.750. The Morgan fingerprint density at radius 2 is 2.05 bits per heavy atom. The third kappa shape index (κ3) is 3.67. The Morgan fingerprint density at radius 1 is 1.35 bits per heavy atom. The van der Waals surface area contributed by atoms with Crippen LogP contribution in [0.1, 0.15) is 25.8 Å². The first kappa shape index (κ1) is 15.6. The number of benzene rings is 1. The summed E-state index contributed by atoms with van der Waals surface area (Å²) >= 11 is 3.24. The Kier molecular flexibility index (Phi) is 4.64. The highest BCUT2D eigenvalue weighted by molar-refractivity contribution is 9.10. The molecule has 1 fully saturated rings. The van der Waals surface area contributed by atoms with E-state index < -0.39 is 11.7 Å². The maximum absolute atomic E-state index is 12.7. The molecule has 2 rings (SSSR count). The molecule has 1 aliphatic heterocycles. The summed E-state index contributed by atoms with van der Waals surface area (Å²) in [6, 6.07) is 3.91. The molecule has 0 saturated carbocycles. The van der Waals surface area contributed by atoms with Gasteiger partial charge in [-0.1, -0.05) is 0 Å². The second-order valence-electron chi connectivity index (χ2n) is 5.26. The van der Waals surface area contributed by atoms with Gasteiger partial charge in [0, 0.05) is 19.1 Å². The van der Waals surface area contributed by atoms with Crippen LogP contribution in [0.3, 0.4) is 0 Å². The van der Waals surface area contributed by atoms with Crippen LogP contribution in [0.4, 0.5) is 13.2 Å². The van der Waals surface area contributed by atoms with Crippen molar-refractivity contribution in [3.8, 4) is 5.75 Å². The monoisotopic (exact) mass is 351 g/mol. The van der Waals surface area contributed by atoms with E-state index in [4.69, 9.17) is 4.74 Å². The molecular weight excluding hydrogens is 335 g/mol. The number of rotatable bonds is 3. The van der Waals surface area contributed by atoms with Gasteiger partial charge in [0.25, 0.3) is 0 Å². The predicted octanol–water partition coefficient (Wildman–Crippen LogP) is 4.33. The molecule has 20 heavy (non-hydrogen) atoms. The van der Waals surface area contributed by atoms with Crippen molar-refractivity contribution >= 4 is 15.9 Å². The summed E-state index contributed by atoms with van der Waals surface area (Å²) in [6.07, 6.45) is -3.57. The fourth-order valence-corrected chi connectivity index (χ4v) is 2.61. The van der Waals surface area contributed by atoms with E-state index in [9.17, 15) is 13.2 Å². The molecule has 1 unspecified atom stereocenters. The van der Waals surface area contributed by atoms with Gasteiger partial charge in [0.1, 0.15) is 11.9 Å². The quantitative estimate of drug-likeness (QED) is 0.803. The van der Waals surface area contributed by atoms with Crippen molar-refractivity contribution in [3.63, 3.8) is 0 Å². The SMILES string of the molecule is CC(C)N1CCC(Oc2cc(C(F)(F)F)ccc2Br)C1. The van der Waals surface area contributed by atoms with Crippen molar-refractivity contribution in [1.82, 2.24) is 4.90 Å². The first-order valence-electron chi connectivity index (χ1n) is 6.55. The van der Waals surface area contributed by atoms with Gasteiger partial charge in [0.2, 0.25) is 0 Å². The van der Waals surface area contributed by atoms with Crippen molar-refractivity contribution in [2.24, 2.45) is 0 Å². The van der Waals surface area contributed by atoms with E-state index in [0.29, 0.717) is 10.5 Å². The average Bonchev–Trinajstić information content (AvgIpc) is 2.79. The molecule has 1 aromatic carbocycles. The van der Waals surface area contributed by atoms with E-state index in [1.165, 1.54) is 6.07 Å². The van der Waals surface area contributed by atoms with Gasteiger partial charge < -0.3 is 4.74 Å². The van der Waals surface area contributed by atoms with E-state index in [1.54, 1.807) is 0 Å². The summed E-state index contributed by atoms with van der Waals surface area (Å²) in [7, 11) is 0. The minimum atomic E-state index is -4.35. The standard InChI is InChI=1S/C14H17BrF3NO/c1-9(2)19-6-5-11(8-19)20-13-7-10(14(16,17)18)3-4-12(13)15/h3-4,7,9,11H,5-6,8H2,1-2H3.